The Balaban J connectivity index is 2.06. The van der Waals surface area contributed by atoms with E-state index in [2.05, 4.69) is 38.4 Å². The Hall–Kier alpha value is -0.190. The van der Waals surface area contributed by atoms with Crippen molar-refractivity contribution in [3.8, 4) is 0 Å². The summed E-state index contributed by atoms with van der Waals surface area (Å²) in [6.07, 6.45) is 3.02. The summed E-state index contributed by atoms with van der Waals surface area (Å²) in [5.74, 6) is 0. The monoisotopic (exact) mass is 287 g/mol. The van der Waals surface area contributed by atoms with Gasteiger partial charge in [-0.15, -0.1) is 22.7 Å². The highest BCUT2D eigenvalue weighted by Crippen LogP contribution is 2.31. The number of nitrogens with zero attached hydrogens (tertiary/aromatic N) is 1. The lowest BCUT2D eigenvalue weighted by Crippen LogP contribution is -1.89. The third-order valence-corrected chi connectivity index (χ3v) is 4.95. The largest absolute Gasteiger partial charge is 0.250 e. The summed E-state index contributed by atoms with van der Waals surface area (Å²) in [5.41, 5.74) is 0. The van der Waals surface area contributed by atoms with Gasteiger partial charge in [-0.1, -0.05) is 22.0 Å². The van der Waals surface area contributed by atoms with Crippen molar-refractivity contribution >= 4 is 38.6 Å². The number of hydrogen-bond acceptors (Lipinski definition) is 3. The first-order chi connectivity index (χ1) is 6.75. The lowest BCUT2D eigenvalue weighted by atomic mass is 10.2. The van der Waals surface area contributed by atoms with Gasteiger partial charge in [-0.05, 0) is 24.8 Å². The molecule has 0 N–H and O–H groups in total. The Morgan fingerprint density at radius 3 is 3.00 bits per heavy atom. The molecule has 4 heteroatoms. The molecule has 0 aliphatic rings. The van der Waals surface area contributed by atoms with Crippen LogP contribution in [0, 0.1) is 6.92 Å². The zero-order valence-electron chi connectivity index (χ0n) is 7.74. The second-order valence-corrected chi connectivity index (χ2v) is 6.44. The normalized spacial score (nSPS) is 13.0. The number of rotatable bonds is 3. The second kappa shape index (κ2) is 4.55. The summed E-state index contributed by atoms with van der Waals surface area (Å²) >= 11 is 7.27. The highest BCUT2D eigenvalue weighted by atomic mass is 79.9. The van der Waals surface area contributed by atoms with E-state index in [9.17, 15) is 0 Å². The summed E-state index contributed by atoms with van der Waals surface area (Å²) in [7, 11) is 0. The Morgan fingerprint density at radius 1 is 1.57 bits per heavy atom. The number of aryl methyl sites for hydroxylation is 1. The van der Waals surface area contributed by atoms with Gasteiger partial charge < -0.3 is 0 Å². The standard InChI is InChI=1S/C10H10BrNS2/c1-7-12-6-10(14-7)9(11)5-8-3-2-4-13-8/h2-4,6,9H,5H2,1H3. The number of aromatic nitrogens is 1. The van der Waals surface area contributed by atoms with Crippen LogP contribution in [-0.2, 0) is 6.42 Å². The van der Waals surface area contributed by atoms with Crippen LogP contribution in [0.2, 0.25) is 0 Å². The van der Waals surface area contributed by atoms with Gasteiger partial charge in [-0.25, -0.2) is 4.98 Å². The van der Waals surface area contributed by atoms with E-state index in [0.717, 1.165) is 11.4 Å². The van der Waals surface area contributed by atoms with Gasteiger partial charge in [0.15, 0.2) is 0 Å². The van der Waals surface area contributed by atoms with Crippen molar-refractivity contribution < 1.29 is 0 Å². The molecular formula is C10H10BrNS2. The predicted octanol–water partition coefficient (Wildman–Crippen LogP) is 4.19. The smallest absolute Gasteiger partial charge is 0.0897 e. The van der Waals surface area contributed by atoms with Gasteiger partial charge in [0.05, 0.1) is 9.83 Å². The van der Waals surface area contributed by atoms with Crippen LogP contribution in [0.3, 0.4) is 0 Å². The van der Waals surface area contributed by atoms with E-state index in [1.807, 2.05) is 13.1 Å². The molecule has 14 heavy (non-hydrogen) atoms. The fraction of sp³-hybridized carbons (Fsp3) is 0.300. The zero-order valence-corrected chi connectivity index (χ0v) is 11.0. The maximum atomic E-state index is 4.26. The summed E-state index contributed by atoms with van der Waals surface area (Å²) in [6.45, 7) is 2.04. The molecule has 0 saturated heterocycles. The Bertz CT molecular complexity index is 394. The fourth-order valence-corrected chi connectivity index (χ4v) is 3.71. The van der Waals surface area contributed by atoms with E-state index < -0.39 is 0 Å². The summed E-state index contributed by atoms with van der Waals surface area (Å²) in [4.78, 5) is 7.40. The quantitative estimate of drug-likeness (QED) is 0.772. The van der Waals surface area contributed by atoms with E-state index in [4.69, 9.17) is 0 Å². The molecule has 2 aromatic heterocycles. The van der Waals surface area contributed by atoms with Gasteiger partial charge in [0.25, 0.3) is 0 Å². The molecule has 0 aromatic carbocycles. The lowest BCUT2D eigenvalue weighted by Gasteiger charge is -2.03. The summed E-state index contributed by atoms with van der Waals surface area (Å²) in [6, 6.07) is 4.27. The number of thiophene rings is 1. The van der Waals surface area contributed by atoms with E-state index in [1.54, 1.807) is 22.7 Å². The average molecular weight is 288 g/mol. The molecule has 1 atom stereocenters. The SMILES string of the molecule is Cc1ncc(C(Br)Cc2cccs2)s1. The first-order valence-electron chi connectivity index (χ1n) is 4.34. The molecule has 0 spiro atoms. The molecule has 74 valence electrons. The average Bonchev–Trinajstić information content (AvgIpc) is 2.75. The van der Waals surface area contributed by atoms with Crippen molar-refractivity contribution in [3.63, 3.8) is 0 Å². The number of alkyl halides is 1. The van der Waals surface area contributed by atoms with E-state index in [0.29, 0.717) is 4.83 Å². The van der Waals surface area contributed by atoms with Crippen LogP contribution >= 0.6 is 38.6 Å². The van der Waals surface area contributed by atoms with Crippen LogP contribution in [0.25, 0.3) is 0 Å². The molecule has 2 aromatic rings. The number of hydrogen-bond donors (Lipinski definition) is 0. The van der Waals surface area contributed by atoms with Crippen LogP contribution in [0.1, 0.15) is 19.6 Å². The molecule has 0 amide bonds. The topological polar surface area (TPSA) is 12.9 Å². The van der Waals surface area contributed by atoms with E-state index in [-0.39, 0.29) is 0 Å². The third-order valence-electron chi connectivity index (χ3n) is 1.91. The molecule has 0 fully saturated rings. The van der Waals surface area contributed by atoms with Gasteiger partial charge in [-0.3, -0.25) is 0 Å². The molecular weight excluding hydrogens is 278 g/mol. The minimum Gasteiger partial charge on any atom is -0.250 e. The molecule has 2 heterocycles. The first kappa shape index (κ1) is 10.3. The van der Waals surface area contributed by atoms with E-state index >= 15 is 0 Å². The molecule has 2 rings (SSSR count). The maximum absolute atomic E-state index is 4.26. The van der Waals surface area contributed by atoms with Gasteiger partial charge in [0.1, 0.15) is 0 Å². The predicted molar refractivity (Wildman–Crippen MR) is 66.5 cm³/mol. The third kappa shape index (κ3) is 2.43. The molecule has 1 nitrogen and oxygen atoms in total. The fourth-order valence-electron chi connectivity index (χ4n) is 1.23. The maximum Gasteiger partial charge on any atom is 0.0897 e. The van der Waals surface area contributed by atoms with Crippen LogP contribution in [0.4, 0.5) is 0 Å². The van der Waals surface area contributed by atoms with Crippen molar-refractivity contribution in [2.45, 2.75) is 18.2 Å². The number of halogens is 1. The Morgan fingerprint density at radius 2 is 2.43 bits per heavy atom. The minimum atomic E-state index is 0.410. The van der Waals surface area contributed by atoms with Crippen molar-refractivity contribution in [2.24, 2.45) is 0 Å². The van der Waals surface area contributed by atoms with Crippen LogP contribution < -0.4 is 0 Å². The molecule has 0 bridgehead atoms. The molecule has 0 aliphatic heterocycles. The molecule has 0 aliphatic carbocycles. The van der Waals surface area contributed by atoms with Gasteiger partial charge >= 0.3 is 0 Å². The highest BCUT2D eigenvalue weighted by molar-refractivity contribution is 9.09. The lowest BCUT2D eigenvalue weighted by molar-refractivity contribution is 0.986. The Kier molecular flexibility index (Phi) is 3.36. The highest BCUT2D eigenvalue weighted by Gasteiger charge is 2.11. The second-order valence-electron chi connectivity index (χ2n) is 3.03. The number of thiazole rings is 1. The van der Waals surface area contributed by atoms with Crippen molar-refractivity contribution in [3.05, 3.63) is 38.5 Å². The molecule has 0 radical (unpaired) electrons. The zero-order chi connectivity index (χ0) is 9.97. The van der Waals surface area contributed by atoms with Gasteiger partial charge in [0, 0.05) is 16.0 Å². The first-order valence-corrected chi connectivity index (χ1v) is 6.95. The van der Waals surface area contributed by atoms with Crippen LogP contribution in [0.15, 0.2) is 23.7 Å². The van der Waals surface area contributed by atoms with Gasteiger partial charge in [-0.2, -0.15) is 0 Å². The summed E-state index contributed by atoms with van der Waals surface area (Å²) in [5, 5.41) is 3.25. The van der Waals surface area contributed by atoms with Crippen molar-refractivity contribution in [2.75, 3.05) is 0 Å². The Labute approximate surface area is 100.0 Å². The van der Waals surface area contributed by atoms with Crippen molar-refractivity contribution in [1.82, 2.24) is 4.98 Å². The van der Waals surface area contributed by atoms with Gasteiger partial charge in [0.2, 0.25) is 0 Å². The minimum absolute atomic E-state index is 0.410. The molecule has 1 unspecified atom stereocenters. The molecule has 0 saturated carbocycles. The van der Waals surface area contributed by atoms with E-state index in [1.165, 1.54) is 9.75 Å². The van der Waals surface area contributed by atoms with Crippen LogP contribution in [-0.4, -0.2) is 4.98 Å². The van der Waals surface area contributed by atoms with Crippen LogP contribution in [0.5, 0.6) is 0 Å². The van der Waals surface area contributed by atoms with Crippen molar-refractivity contribution in [1.29, 1.82) is 0 Å². The summed E-state index contributed by atoms with van der Waals surface area (Å²) < 4.78 is 0.